The molecule has 0 spiro atoms. The summed E-state index contributed by atoms with van der Waals surface area (Å²) in [6.45, 7) is 2.17. The predicted octanol–water partition coefficient (Wildman–Crippen LogP) is 4.42. The number of amides is 1. The Kier molecular flexibility index (Phi) is 4.87. The zero-order chi connectivity index (χ0) is 18.1. The molecule has 1 saturated heterocycles. The van der Waals surface area contributed by atoms with Crippen molar-refractivity contribution < 1.29 is 9.21 Å². The van der Waals surface area contributed by atoms with E-state index in [2.05, 4.69) is 9.88 Å². The molecule has 5 nitrogen and oxygen atoms in total. The number of oxazole rings is 1. The number of aromatic nitrogens is 1. The summed E-state index contributed by atoms with van der Waals surface area (Å²) in [6, 6.07) is 12.3. The van der Waals surface area contributed by atoms with Crippen molar-refractivity contribution in [2.24, 2.45) is 5.92 Å². The van der Waals surface area contributed by atoms with Gasteiger partial charge in [0.1, 0.15) is 5.52 Å². The van der Waals surface area contributed by atoms with Crippen LogP contribution in [0, 0.1) is 5.92 Å². The smallest absolute Gasteiger partial charge is 0.298 e. The van der Waals surface area contributed by atoms with Crippen LogP contribution in [-0.2, 0) is 11.3 Å². The number of piperidine rings is 1. The maximum absolute atomic E-state index is 12.7. The van der Waals surface area contributed by atoms with E-state index < -0.39 is 0 Å². The number of halogens is 1. The van der Waals surface area contributed by atoms with Gasteiger partial charge in [0, 0.05) is 30.9 Å². The molecule has 7 heteroatoms. The van der Waals surface area contributed by atoms with E-state index in [0.29, 0.717) is 12.6 Å². The SMILES string of the molecule is CN(Cc1ccc(Cl)s1)C(=O)C1CCN(c2nc3ccccc3o2)CC1. The molecule has 26 heavy (non-hydrogen) atoms. The summed E-state index contributed by atoms with van der Waals surface area (Å²) in [4.78, 5) is 22.3. The molecule has 1 aliphatic rings. The minimum Gasteiger partial charge on any atom is -0.423 e. The molecule has 3 heterocycles. The first kappa shape index (κ1) is 17.4. The van der Waals surface area contributed by atoms with Gasteiger partial charge in [-0.05, 0) is 37.1 Å². The fourth-order valence-corrected chi connectivity index (χ4v) is 4.51. The highest BCUT2D eigenvalue weighted by Gasteiger charge is 2.29. The molecule has 4 rings (SSSR count). The second-order valence-electron chi connectivity index (χ2n) is 6.63. The van der Waals surface area contributed by atoms with Gasteiger partial charge < -0.3 is 14.2 Å². The molecule has 0 radical (unpaired) electrons. The maximum Gasteiger partial charge on any atom is 0.298 e. The number of anilines is 1. The third-order valence-electron chi connectivity index (χ3n) is 4.80. The largest absolute Gasteiger partial charge is 0.423 e. The van der Waals surface area contributed by atoms with E-state index in [9.17, 15) is 4.79 Å². The molecule has 0 bridgehead atoms. The van der Waals surface area contributed by atoms with Gasteiger partial charge in [-0.25, -0.2) is 0 Å². The zero-order valence-electron chi connectivity index (χ0n) is 14.5. The van der Waals surface area contributed by atoms with Crippen LogP contribution >= 0.6 is 22.9 Å². The lowest BCUT2D eigenvalue weighted by Crippen LogP contribution is -2.41. The lowest BCUT2D eigenvalue weighted by Gasteiger charge is -2.32. The number of hydrogen-bond donors (Lipinski definition) is 0. The molecular weight excluding hydrogens is 370 g/mol. The highest BCUT2D eigenvalue weighted by Crippen LogP contribution is 2.28. The Morgan fingerprint density at radius 2 is 2.08 bits per heavy atom. The fourth-order valence-electron chi connectivity index (χ4n) is 3.37. The van der Waals surface area contributed by atoms with Crippen LogP contribution < -0.4 is 4.90 Å². The highest BCUT2D eigenvalue weighted by atomic mass is 35.5. The summed E-state index contributed by atoms with van der Waals surface area (Å²) >= 11 is 7.49. The van der Waals surface area contributed by atoms with Crippen molar-refractivity contribution in [3.05, 3.63) is 45.6 Å². The Balaban J connectivity index is 1.35. The van der Waals surface area contributed by atoms with Crippen LogP contribution in [0.15, 0.2) is 40.8 Å². The first-order valence-corrected chi connectivity index (χ1v) is 9.89. The standard InChI is InChI=1S/C19H20ClN3O2S/c1-22(12-14-6-7-17(20)26-14)18(24)13-8-10-23(11-9-13)19-21-15-4-2-3-5-16(15)25-19/h2-7,13H,8-12H2,1H3. The zero-order valence-corrected chi connectivity index (χ0v) is 16.1. The molecule has 3 aromatic rings. The van der Waals surface area contributed by atoms with E-state index in [1.54, 1.807) is 0 Å². The molecule has 0 aliphatic carbocycles. The van der Waals surface area contributed by atoms with Crippen molar-refractivity contribution in [1.29, 1.82) is 0 Å². The maximum atomic E-state index is 12.7. The predicted molar refractivity (Wildman–Crippen MR) is 105 cm³/mol. The Labute approximate surface area is 161 Å². The van der Waals surface area contributed by atoms with E-state index >= 15 is 0 Å². The van der Waals surface area contributed by atoms with Crippen molar-refractivity contribution in [3.8, 4) is 0 Å². The molecule has 1 fully saturated rings. The third-order valence-corrected chi connectivity index (χ3v) is 6.01. The minimum absolute atomic E-state index is 0.0519. The van der Waals surface area contributed by atoms with Crippen LogP contribution in [0.1, 0.15) is 17.7 Å². The van der Waals surface area contributed by atoms with Crippen LogP contribution in [0.25, 0.3) is 11.1 Å². The number of carbonyl (C=O) groups excluding carboxylic acids is 1. The second kappa shape index (κ2) is 7.29. The number of benzene rings is 1. The van der Waals surface area contributed by atoms with Crippen LogP contribution in [-0.4, -0.2) is 35.9 Å². The Morgan fingerprint density at radius 1 is 1.31 bits per heavy atom. The van der Waals surface area contributed by atoms with Crippen molar-refractivity contribution in [2.45, 2.75) is 19.4 Å². The molecule has 2 aromatic heterocycles. The lowest BCUT2D eigenvalue weighted by molar-refractivity contribution is -0.135. The van der Waals surface area contributed by atoms with Crippen LogP contribution in [0.3, 0.4) is 0 Å². The van der Waals surface area contributed by atoms with Gasteiger partial charge in [0.2, 0.25) is 5.91 Å². The van der Waals surface area contributed by atoms with Crippen molar-refractivity contribution in [1.82, 2.24) is 9.88 Å². The monoisotopic (exact) mass is 389 g/mol. The van der Waals surface area contributed by atoms with E-state index in [-0.39, 0.29) is 11.8 Å². The first-order chi connectivity index (χ1) is 12.6. The van der Waals surface area contributed by atoms with Crippen molar-refractivity contribution in [3.63, 3.8) is 0 Å². The highest BCUT2D eigenvalue weighted by molar-refractivity contribution is 7.16. The Hall–Kier alpha value is -2.05. The van der Waals surface area contributed by atoms with Gasteiger partial charge in [0.25, 0.3) is 6.01 Å². The van der Waals surface area contributed by atoms with Crippen LogP contribution in [0.2, 0.25) is 4.34 Å². The van der Waals surface area contributed by atoms with Crippen LogP contribution in [0.5, 0.6) is 0 Å². The van der Waals surface area contributed by atoms with Gasteiger partial charge in [0.05, 0.1) is 10.9 Å². The van der Waals surface area contributed by atoms with Crippen LogP contribution in [0.4, 0.5) is 6.01 Å². The van der Waals surface area contributed by atoms with Crippen molar-refractivity contribution in [2.75, 3.05) is 25.0 Å². The lowest BCUT2D eigenvalue weighted by atomic mass is 9.95. The second-order valence-corrected chi connectivity index (χ2v) is 8.43. The average Bonchev–Trinajstić information content (AvgIpc) is 3.27. The summed E-state index contributed by atoms with van der Waals surface area (Å²) in [5.41, 5.74) is 1.67. The minimum atomic E-state index is 0.0519. The third kappa shape index (κ3) is 3.57. The summed E-state index contributed by atoms with van der Waals surface area (Å²) in [5.74, 6) is 0.253. The van der Waals surface area contributed by atoms with Gasteiger partial charge in [0.15, 0.2) is 5.58 Å². The van der Waals surface area contributed by atoms with Gasteiger partial charge in [-0.2, -0.15) is 4.98 Å². The molecule has 1 aromatic carbocycles. The van der Waals surface area contributed by atoms with Gasteiger partial charge in [-0.15, -0.1) is 11.3 Å². The first-order valence-electron chi connectivity index (χ1n) is 8.70. The number of rotatable bonds is 4. The normalized spacial score (nSPS) is 15.5. The summed E-state index contributed by atoms with van der Waals surface area (Å²) in [7, 11) is 1.86. The summed E-state index contributed by atoms with van der Waals surface area (Å²) in [5, 5.41) is 0. The molecular formula is C19H20ClN3O2S. The number of fused-ring (bicyclic) bond motifs is 1. The fraction of sp³-hybridized carbons (Fsp3) is 0.368. The van der Waals surface area contributed by atoms with E-state index in [0.717, 1.165) is 46.2 Å². The number of carbonyl (C=O) groups is 1. The molecule has 0 N–H and O–H groups in total. The number of thiophene rings is 1. The van der Waals surface area contributed by atoms with Gasteiger partial charge in [-0.1, -0.05) is 23.7 Å². The van der Waals surface area contributed by atoms with Crippen molar-refractivity contribution >= 4 is 46.0 Å². The van der Waals surface area contributed by atoms with E-state index in [1.165, 1.54) is 11.3 Å². The quantitative estimate of drug-likeness (QED) is 0.662. The van der Waals surface area contributed by atoms with E-state index in [1.807, 2.05) is 48.3 Å². The molecule has 0 unspecified atom stereocenters. The Bertz CT molecular complexity index is 881. The summed E-state index contributed by atoms with van der Waals surface area (Å²) in [6.07, 6.45) is 1.63. The number of nitrogens with zero attached hydrogens (tertiary/aromatic N) is 3. The molecule has 1 aliphatic heterocycles. The number of para-hydroxylation sites is 2. The van der Waals surface area contributed by atoms with Gasteiger partial charge >= 0.3 is 0 Å². The topological polar surface area (TPSA) is 49.6 Å². The molecule has 0 atom stereocenters. The molecule has 136 valence electrons. The number of hydrogen-bond acceptors (Lipinski definition) is 5. The van der Waals surface area contributed by atoms with Gasteiger partial charge in [-0.3, -0.25) is 4.79 Å². The molecule has 0 saturated carbocycles. The summed E-state index contributed by atoms with van der Waals surface area (Å²) < 4.78 is 6.60. The molecule has 1 amide bonds. The average molecular weight is 390 g/mol. The Morgan fingerprint density at radius 3 is 2.77 bits per heavy atom. The van der Waals surface area contributed by atoms with E-state index in [4.69, 9.17) is 16.0 Å².